The van der Waals surface area contributed by atoms with Crippen molar-refractivity contribution in [1.29, 1.82) is 0 Å². The van der Waals surface area contributed by atoms with Crippen molar-refractivity contribution >= 4 is 71.6 Å². The van der Waals surface area contributed by atoms with Gasteiger partial charge in [0.2, 0.25) is 5.52 Å². The molecule has 0 bridgehead atoms. The van der Waals surface area contributed by atoms with Crippen LogP contribution in [0.3, 0.4) is 0 Å². The van der Waals surface area contributed by atoms with Crippen molar-refractivity contribution in [2.45, 2.75) is 0 Å². The largest absolute Gasteiger partial charge is 0.359 e. The second kappa shape index (κ2) is 5.95. The summed E-state index contributed by atoms with van der Waals surface area (Å²) < 4.78 is 5.97. The zero-order chi connectivity index (χ0) is 16.7. The highest BCUT2D eigenvalue weighted by Crippen LogP contribution is 2.40. The van der Waals surface area contributed by atoms with Crippen molar-refractivity contribution < 1.29 is 14.5 Å². The predicted octanol–water partition coefficient (Wildman–Crippen LogP) is 4.29. The molecule has 0 aliphatic heterocycles. The van der Waals surface area contributed by atoms with Crippen LogP contribution in [-0.4, -0.2) is 10.1 Å². The zero-order valence-electron chi connectivity index (χ0n) is 10.9. The molecule has 0 saturated carbocycles. The highest BCUT2D eigenvalue weighted by Gasteiger charge is 2.29. The van der Waals surface area contributed by atoms with E-state index < -0.39 is 10.6 Å². The highest BCUT2D eigenvalue weighted by molar-refractivity contribution is 9.11. The van der Waals surface area contributed by atoms with Gasteiger partial charge in [-0.2, -0.15) is 0 Å². The Morgan fingerprint density at radius 2 is 2.09 bits per heavy atom. The highest BCUT2D eigenvalue weighted by atomic mass is 79.9. The lowest BCUT2D eigenvalue weighted by Crippen LogP contribution is -2.22. The van der Waals surface area contributed by atoms with Crippen LogP contribution in [0.2, 0.25) is 5.02 Å². The summed E-state index contributed by atoms with van der Waals surface area (Å²) in [6.45, 7) is 0. The van der Waals surface area contributed by atoms with Crippen LogP contribution in [0.15, 0.2) is 37.8 Å². The molecular formula is C12H5Br2ClN4O4. The van der Waals surface area contributed by atoms with E-state index in [-0.39, 0.29) is 26.6 Å². The molecule has 0 radical (unpaired) electrons. The lowest BCUT2D eigenvalue weighted by Gasteiger charge is -2.09. The standard InChI is InChI=1S/C12H5Br2ClN4O4/c13-5-1-2-8(6(14)3-5)16-11-10-9(19(22)23-17-10)4-7(15)12(11)18(20)21/h1-4,16H. The number of anilines is 2. The average molecular weight is 464 g/mol. The van der Waals surface area contributed by atoms with E-state index in [1.165, 1.54) is 0 Å². The molecule has 1 heterocycles. The quantitative estimate of drug-likeness (QED) is 0.352. The second-order valence-corrected chi connectivity index (χ2v) is 6.56. The van der Waals surface area contributed by atoms with Crippen molar-refractivity contribution in [2.24, 2.45) is 0 Å². The lowest BCUT2D eigenvalue weighted by atomic mass is 10.2. The fraction of sp³-hybridized carbons (Fsp3) is 0. The molecule has 0 aliphatic carbocycles. The first-order valence-electron chi connectivity index (χ1n) is 5.97. The van der Waals surface area contributed by atoms with Crippen LogP contribution in [0.1, 0.15) is 0 Å². The van der Waals surface area contributed by atoms with Crippen molar-refractivity contribution in [3.05, 3.63) is 53.6 Å². The van der Waals surface area contributed by atoms with Crippen molar-refractivity contribution in [3.8, 4) is 0 Å². The summed E-state index contributed by atoms with van der Waals surface area (Å²) in [6, 6.07) is 6.33. The van der Waals surface area contributed by atoms with Gasteiger partial charge in [-0.15, -0.1) is 0 Å². The third-order valence-electron chi connectivity index (χ3n) is 2.98. The molecule has 0 spiro atoms. The first kappa shape index (κ1) is 16.0. The Morgan fingerprint density at radius 3 is 2.74 bits per heavy atom. The summed E-state index contributed by atoms with van der Waals surface area (Å²) in [5.41, 5.74) is 0.0873. The van der Waals surface area contributed by atoms with Crippen molar-refractivity contribution in [2.75, 3.05) is 5.32 Å². The number of halogens is 3. The molecule has 0 atom stereocenters. The first-order chi connectivity index (χ1) is 10.9. The molecular weight excluding hydrogens is 459 g/mol. The van der Waals surface area contributed by atoms with Crippen LogP contribution in [0.25, 0.3) is 11.0 Å². The maximum Gasteiger partial charge on any atom is 0.316 e. The molecule has 118 valence electrons. The van der Waals surface area contributed by atoms with Crippen LogP contribution in [-0.2, 0) is 0 Å². The van der Waals surface area contributed by atoms with Gasteiger partial charge in [0.1, 0.15) is 5.02 Å². The van der Waals surface area contributed by atoms with E-state index in [0.29, 0.717) is 10.2 Å². The maximum atomic E-state index is 11.5. The molecule has 3 rings (SSSR count). The summed E-state index contributed by atoms with van der Waals surface area (Å²) in [7, 11) is 0. The molecule has 1 aromatic heterocycles. The number of aromatic nitrogens is 2. The summed E-state index contributed by atoms with van der Waals surface area (Å²) >= 11 is 12.6. The molecule has 8 nitrogen and oxygen atoms in total. The Bertz CT molecular complexity index is 946. The fourth-order valence-corrected chi connectivity index (χ4v) is 3.41. The summed E-state index contributed by atoms with van der Waals surface area (Å²) in [5.74, 6) is 0. The Hall–Kier alpha value is -1.91. The number of benzene rings is 2. The van der Waals surface area contributed by atoms with Crippen LogP contribution in [0.4, 0.5) is 17.1 Å². The van der Waals surface area contributed by atoms with E-state index >= 15 is 0 Å². The minimum Gasteiger partial charge on any atom is -0.359 e. The Balaban J connectivity index is 2.25. The SMILES string of the molecule is O=[N+]([O-])c1c(Cl)cc2c(no[n+]2[O-])c1Nc1ccc(Br)cc1Br. The maximum absolute atomic E-state index is 11.5. The van der Waals surface area contributed by atoms with E-state index in [9.17, 15) is 15.3 Å². The normalized spacial score (nSPS) is 10.9. The van der Waals surface area contributed by atoms with E-state index in [2.05, 4.69) is 47.0 Å². The number of nitrogens with zero attached hydrogens (tertiary/aromatic N) is 3. The van der Waals surface area contributed by atoms with Crippen molar-refractivity contribution in [1.82, 2.24) is 5.16 Å². The monoisotopic (exact) mass is 462 g/mol. The number of nitrogens with one attached hydrogen (secondary N) is 1. The molecule has 0 saturated heterocycles. The molecule has 0 fully saturated rings. The van der Waals surface area contributed by atoms with Crippen LogP contribution in [0, 0.1) is 15.3 Å². The minimum atomic E-state index is -0.652. The Labute approximate surface area is 150 Å². The van der Waals surface area contributed by atoms with Gasteiger partial charge in [0.15, 0.2) is 5.69 Å². The third-order valence-corrected chi connectivity index (χ3v) is 4.42. The number of fused-ring (bicyclic) bond motifs is 1. The lowest BCUT2D eigenvalue weighted by molar-refractivity contribution is -0.782. The topological polar surface area (TPSA) is 108 Å². The minimum absolute atomic E-state index is 0.00548. The average Bonchev–Trinajstić information content (AvgIpc) is 2.83. The number of nitro groups is 1. The molecule has 0 aliphatic rings. The zero-order valence-corrected chi connectivity index (χ0v) is 14.8. The Kier molecular flexibility index (Phi) is 4.13. The summed E-state index contributed by atoms with van der Waals surface area (Å²) in [6.07, 6.45) is 0. The van der Waals surface area contributed by atoms with Gasteiger partial charge in [-0.05, 0) is 39.0 Å². The van der Waals surface area contributed by atoms with E-state index in [4.69, 9.17) is 11.6 Å². The smallest absolute Gasteiger partial charge is 0.316 e. The van der Waals surface area contributed by atoms with Gasteiger partial charge in [0.05, 0.1) is 10.6 Å². The van der Waals surface area contributed by atoms with Gasteiger partial charge in [0.25, 0.3) is 5.52 Å². The van der Waals surface area contributed by atoms with E-state index in [1.54, 1.807) is 18.2 Å². The van der Waals surface area contributed by atoms with Crippen LogP contribution >= 0.6 is 43.5 Å². The molecule has 2 aromatic carbocycles. The van der Waals surface area contributed by atoms with E-state index in [1.807, 2.05) is 0 Å². The van der Waals surface area contributed by atoms with Gasteiger partial charge >= 0.3 is 5.69 Å². The van der Waals surface area contributed by atoms with Gasteiger partial charge in [-0.3, -0.25) is 14.7 Å². The van der Waals surface area contributed by atoms with Crippen LogP contribution < -0.4 is 10.2 Å². The first-order valence-corrected chi connectivity index (χ1v) is 7.93. The van der Waals surface area contributed by atoms with Gasteiger partial charge in [0, 0.05) is 20.2 Å². The number of hydrogen-bond donors (Lipinski definition) is 1. The Morgan fingerprint density at radius 1 is 1.35 bits per heavy atom. The molecule has 1 N–H and O–H groups in total. The molecule has 11 heteroatoms. The van der Waals surface area contributed by atoms with Gasteiger partial charge in [-0.1, -0.05) is 27.5 Å². The van der Waals surface area contributed by atoms with Gasteiger partial charge in [-0.25, -0.2) is 0 Å². The molecule has 0 amide bonds. The predicted molar refractivity (Wildman–Crippen MR) is 89.8 cm³/mol. The second-order valence-electron chi connectivity index (χ2n) is 4.39. The fourth-order valence-electron chi connectivity index (χ4n) is 1.99. The number of rotatable bonds is 3. The molecule has 0 unspecified atom stereocenters. The molecule has 23 heavy (non-hydrogen) atoms. The summed E-state index contributed by atoms with van der Waals surface area (Å²) in [4.78, 5) is 10.8. The third kappa shape index (κ3) is 2.84. The number of nitro benzene ring substituents is 1. The summed E-state index contributed by atoms with van der Waals surface area (Å²) in [5, 5.41) is 29.1. The van der Waals surface area contributed by atoms with E-state index in [0.717, 1.165) is 10.5 Å². The number of hydrogen-bond acceptors (Lipinski definition) is 6. The molecule has 3 aromatic rings. The van der Waals surface area contributed by atoms with Crippen LogP contribution in [0.5, 0.6) is 0 Å². The van der Waals surface area contributed by atoms with Gasteiger partial charge < -0.3 is 10.5 Å². The van der Waals surface area contributed by atoms with Crippen molar-refractivity contribution in [3.63, 3.8) is 0 Å².